The Labute approximate surface area is 87.5 Å². The van der Waals surface area contributed by atoms with Gasteiger partial charge < -0.3 is 13.9 Å². The predicted octanol–water partition coefficient (Wildman–Crippen LogP) is 2.16. The Bertz CT molecular complexity index is 437. The van der Waals surface area contributed by atoms with Crippen LogP contribution in [-0.4, -0.2) is 19.2 Å². The highest BCUT2D eigenvalue weighted by molar-refractivity contribution is 5.67. The normalized spacial score (nSPS) is 10.0. The number of nitrogens with zero attached hydrogens (tertiary/aromatic N) is 1. The van der Waals surface area contributed by atoms with Crippen molar-refractivity contribution in [2.24, 2.45) is 0 Å². The van der Waals surface area contributed by atoms with E-state index in [4.69, 9.17) is 13.9 Å². The lowest BCUT2D eigenvalue weighted by molar-refractivity contribution is 0.355. The molecule has 0 aliphatic rings. The molecule has 4 heteroatoms. The molecule has 0 fully saturated rings. The number of aromatic nitrogens is 1. The van der Waals surface area contributed by atoms with E-state index in [1.165, 1.54) is 6.20 Å². The standard InChI is InChI=1S/C11H10NO3/c1-13-9-5-3-4-8(10(9)14-2)11-12-6-7-15-11/h3-6H,1-2H3. The van der Waals surface area contributed by atoms with Crippen molar-refractivity contribution < 1.29 is 13.9 Å². The highest BCUT2D eigenvalue weighted by Gasteiger charge is 2.14. The third kappa shape index (κ3) is 1.66. The number of benzene rings is 1. The fourth-order valence-electron chi connectivity index (χ4n) is 1.37. The van der Waals surface area contributed by atoms with Gasteiger partial charge in [-0.25, -0.2) is 4.98 Å². The van der Waals surface area contributed by atoms with Gasteiger partial charge in [-0.15, -0.1) is 0 Å². The Morgan fingerprint density at radius 3 is 2.73 bits per heavy atom. The average molecular weight is 204 g/mol. The molecular formula is C11H10NO3. The molecule has 0 saturated carbocycles. The molecule has 1 aromatic heterocycles. The van der Waals surface area contributed by atoms with E-state index in [-0.39, 0.29) is 0 Å². The quantitative estimate of drug-likeness (QED) is 0.768. The van der Waals surface area contributed by atoms with Gasteiger partial charge in [0.15, 0.2) is 17.8 Å². The second-order valence-corrected chi connectivity index (χ2v) is 2.82. The molecule has 0 saturated heterocycles. The summed E-state index contributed by atoms with van der Waals surface area (Å²) in [6.07, 6.45) is 4.00. The number of hydrogen-bond acceptors (Lipinski definition) is 4. The van der Waals surface area contributed by atoms with Crippen molar-refractivity contribution in [1.82, 2.24) is 4.98 Å². The van der Waals surface area contributed by atoms with Gasteiger partial charge in [-0.3, -0.25) is 0 Å². The van der Waals surface area contributed by atoms with Crippen molar-refractivity contribution in [2.45, 2.75) is 0 Å². The van der Waals surface area contributed by atoms with Gasteiger partial charge in [0.05, 0.1) is 26.0 Å². The van der Waals surface area contributed by atoms with E-state index in [0.29, 0.717) is 17.4 Å². The lowest BCUT2D eigenvalue weighted by atomic mass is 10.2. The van der Waals surface area contributed by atoms with Crippen LogP contribution in [0.1, 0.15) is 0 Å². The van der Waals surface area contributed by atoms with E-state index in [1.54, 1.807) is 14.2 Å². The van der Waals surface area contributed by atoms with Crippen LogP contribution in [0.3, 0.4) is 0 Å². The van der Waals surface area contributed by atoms with E-state index in [9.17, 15) is 0 Å². The van der Waals surface area contributed by atoms with Crippen molar-refractivity contribution in [1.29, 1.82) is 0 Å². The molecule has 77 valence electrons. The maximum absolute atomic E-state index is 5.25. The number of hydrogen-bond donors (Lipinski definition) is 0. The first-order chi connectivity index (χ1) is 7.36. The Morgan fingerprint density at radius 1 is 1.27 bits per heavy atom. The van der Waals surface area contributed by atoms with Crippen LogP contribution in [0.15, 0.2) is 28.8 Å². The second-order valence-electron chi connectivity index (χ2n) is 2.82. The molecule has 0 aliphatic carbocycles. The van der Waals surface area contributed by atoms with Gasteiger partial charge in [0.25, 0.3) is 0 Å². The van der Waals surface area contributed by atoms with Gasteiger partial charge in [0, 0.05) is 0 Å². The minimum atomic E-state index is 0.464. The number of rotatable bonds is 3. The minimum Gasteiger partial charge on any atom is -0.493 e. The highest BCUT2D eigenvalue weighted by atomic mass is 16.5. The largest absolute Gasteiger partial charge is 0.493 e. The summed E-state index contributed by atoms with van der Waals surface area (Å²) in [6, 6.07) is 5.51. The monoisotopic (exact) mass is 204 g/mol. The van der Waals surface area contributed by atoms with Crippen LogP contribution >= 0.6 is 0 Å². The van der Waals surface area contributed by atoms with Crippen LogP contribution in [0.25, 0.3) is 11.5 Å². The fourth-order valence-corrected chi connectivity index (χ4v) is 1.37. The van der Waals surface area contributed by atoms with Gasteiger partial charge in [-0.1, -0.05) is 6.07 Å². The maximum atomic E-state index is 5.25. The van der Waals surface area contributed by atoms with Gasteiger partial charge in [0.1, 0.15) is 0 Å². The second kappa shape index (κ2) is 4.04. The van der Waals surface area contributed by atoms with E-state index < -0.39 is 0 Å². The molecule has 0 N–H and O–H groups in total. The van der Waals surface area contributed by atoms with Crippen molar-refractivity contribution in [3.8, 4) is 23.0 Å². The summed E-state index contributed by atoms with van der Waals surface area (Å²) in [4.78, 5) is 4.01. The van der Waals surface area contributed by atoms with Crippen LogP contribution in [0, 0.1) is 6.26 Å². The fraction of sp³-hybridized carbons (Fsp3) is 0.182. The molecule has 15 heavy (non-hydrogen) atoms. The first kappa shape index (κ1) is 9.58. The number of ether oxygens (including phenoxy) is 2. The Balaban J connectivity index is 2.56. The Morgan fingerprint density at radius 2 is 2.13 bits per heavy atom. The maximum Gasteiger partial charge on any atom is 0.230 e. The van der Waals surface area contributed by atoms with Crippen LogP contribution in [-0.2, 0) is 0 Å². The molecule has 0 unspecified atom stereocenters. The summed E-state index contributed by atoms with van der Waals surface area (Å²) >= 11 is 0. The molecule has 1 radical (unpaired) electrons. The Kier molecular flexibility index (Phi) is 2.58. The summed E-state index contributed by atoms with van der Waals surface area (Å²) < 4.78 is 15.5. The molecule has 0 bridgehead atoms. The molecule has 0 spiro atoms. The molecule has 2 rings (SSSR count). The zero-order valence-corrected chi connectivity index (χ0v) is 8.48. The van der Waals surface area contributed by atoms with Crippen molar-refractivity contribution in [3.05, 3.63) is 30.7 Å². The third-order valence-electron chi connectivity index (χ3n) is 2.02. The summed E-state index contributed by atoms with van der Waals surface area (Å²) in [7, 11) is 3.16. The van der Waals surface area contributed by atoms with Crippen LogP contribution < -0.4 is 9.47 Å². The highest BCUT2D eigenvalue weighted by Crippen LogP contribution is 2.36. The summed E-state index contributed by atoms with van der Waals surface area (Å²) in [5.74, 6) is 1.72. The molecule has 0 aliphatic heterocycles. The van der Waals surface area contributed by atoms with E-state index >= 15 is 0 Å². The summed E-state index contributed by atoms with van der Waals surface area (Å²) in [6.45, 7) is 0. The third-order valence-corrected chi connectivity index (χ3v) is 2.02. The SMILES string of the molecule is COc1cccc(-c2nc[c]o2)c1OC. The first-order valence-corrected chi connectivity index (χ1v) is 4.40. The number of oxazole rings is 1. The average Bonchev–Trinajstić information content (AvgIpc) is 2.81. The molecule has 0 amide bonds. The summed E-state index contributed by atoms with van der Waals surface area (Å²) in [5.41, 5.74) is 0.748. The lowest BCUT2D eigenvalue weighted by Gasteiger charge is -2.09. The predicted molar refractivity (Wildman–Crippen MR) is 53.9 cm³/mol. The first-order valence-electron chi connectivity index (χ1n) is 4.40. The van der Waals surface area contributed by atoms with Gasteiger partial charge >= 0.3 is 0 Å². The van der Waals surface area contributed by atoms with Crippen LogP contribution in [0.4, 0.5) is 0 Å². The topological polar surface area (TPSA) is 44.5 Å². The van der Waals surface area contributed by atoms with Crippen LogP contribution in [0.5, 0.6) is 11.5 Å². The van der Waals surface area contributed by atoms with Crippen molar-refractivity contribution >= 4 is 0 Å². The molecule has 0 atom stereocenters. The molecule has 2 aromatic rings. The number of para-hydroxylation sites is 1. The van der Waals surface area contributed by atoms with Gasteiger partial charge in [-0.05, 0) is 12.1 Å². The zero-order chi connectivity index (χ0) is 10.7. The zero-order valence-electron chi connectivity index (χ0n) is 8.48. The van der Waals surface area contributed by atoms with Crippen molar-refractivity contribution in [3.63, 3.8) is 0 Å². The molecule has 1 heterocycles. The van der Waals surface area contributed by atoms with Crippen molar-refractivity contribution in [2.75, 3.05) is 14.2 Å². The van der Waals surface area contributed by atoms with E-state index in [2.05, 4.69) is 11.2 Å². The molecular weight excluding hydrogens is 194 g/mol. The summed E-state index contributed by atoms with van der Waals surface area (Å²) in [5, 5.41) is 0. The van der Waals surface area contributed by atoms with Gasteiger partial charge in [0.2, 0.25) is 5.89 Å². The smallest absolute Gasteiger partial charge is 0.230 e. The van der Waals surface area contributed by atoms with E-state index in [1.807, 2.05) is 18.2 Å². The van der Waals surface area contributed by atoms with Crippen LogP contribution in [0.2, 0.25) is 0 Å². The Hall–Kier alpha value is -1.97. The molecule has 4 nitrogen and oxygen atoms in total. The minimum absolute atomic E-state index is 0.464. The lowest BCUT2D eigenvalue weighted by Crippen LogP contribution is -1.92. The number of methoxy groups -OCH3 is 2. The van der Waals surface area contributed by atoms with Gasteiger partial charge in [-0.2, -0.15) is 0 Å². The van der Waals surface area contributed by atoms with E-state index in [0.717, 1.165) is 5.56 Å². The molecule has 1 aromatic carbocycles.